The van der Waals surface area contributed by atoms with E-state index in [9.17, 15) is 9.18 Å². The van der Waals surface area contributed by atoms with E-state index in [0.717, 1.165) is 25.7 Å². The van der Waals surface area contributed by atoms with Gasteiger partial charge in [-0.25, -0.2) is 4.39 Å². The summed E-state index contributed by atoms with van der Waals surface area (Å²) in [5.41, 5.74) is 0.0229. The van der Waals surface area contributed by atoms with Crippen molar-refractivity contribution >= 4 is 21.7 Å². The molecule has 0 aromatic heterocycles. The first-order valence-corrected chi connectivity index (χ1v) is 8.37. The quantitative estimate of drug-likeness (QED) is 0.765. The van der Waals surface area contributed by atoms with Gasteiger partial charge in [-0.15, -0.1) is 0 Å². The van der Waals surface area contributed by atoms with Crippen LogP contribution in [0.25, 0.3) is 0 Å². The van der Waals surface area contributed by atoms with Gasteiger partial charge in [0.1, 0.15) is 11.4 Å². The predicted octanol–water partition coefficient (Wildman–Crippen LogP) is 4.69. The topological polar surface area (TPSA) is 26.3 Å². The summed E-state index contributed by atoms with van der Waals surface area (Å²) >= 11 is 3.27. The molecule has 2 nitrogen and oxygen atoms in total. The number of Topliss-reactive ketones (excluding diaryl/α,β-unsaturated/α-hetero) is 1. The summed E-state index contributed by atoms with van der Waals surface area (Å²) in [6.07, 6.45) is 3.94. The van der Waals surface area contributed by atoms with E-state index in [2.05, 4.69) is 22.9 Å². The van der Waals surface area contributed by atoms with Crippen molar-refractivity contribution in [1.29, 1.82) is 0 Å². The minimum atomic E-state index is -0.675. The van der Waals surface area contributed by atoms with Gasteiger partial charge in [-0.3, -0.25) is 4.79 Å². The zero-order chi connectivity index (χ0) is 15.5. The molecule has 0 heterocycles. The van der Waals surface area contributed by atoms with Gasteiger partial charge >= 0.3 is 0 Å². The maximum Gasteiger partial charge on any atom is 0.168 e. The van der Waals surface area contributed by atoms with Crippen LogP contribution in [0.2, 0.25) is 0 Å². The average molecular weight is 357 g/mol. The highest BCUT2D eigenvalue weighted by molar-refractivity contribution is 9.10. The average Bonchev–Trinajstić information content (AvgIpc) is 2.37. The highest BCUT2D eigenvalue weighted by Gasteiger charge is 2.41. The summed E-state index contributed by atoms with van der Waals surface area (Å²) in [7, 11) is 0. The number of carbonyl (C=O) groups excluding carboxylic acids is 1. The lowest BCUT2D eigenvalue weighted by atomic mass is 9.75. The van der Waals surface area contributed by atoms with Gasteiger partial charge < -0.3 is 4.74 Å². The zero-order valence-electron chi connectivity index (χ0n) is 12.6. The van der Waals surface area contributed by atoms with Crippen LogP contribution in [0.3, 0.4) is 0 Å². The maximum absolute atomic E-state index is 13.5. The summed E-state index contributed by atoms with van der Waals surface area (Å²) in [6, 6.07) is 4.62. The Balaban J connectivity index is 2.18. The number of ketones is 1. The van der Waals surface area contributed by atoms with Gasteiger partial charge in [0.2, 0.25) is 0 Å². The second-order valence-electron chi connectivity index (χ2n) is 6.01. The van der Waals surface area contributed by atoms with E-state index in [1.807, 2.05) is 6.92 Å². The van der Waals surface area contributed by atoms with E-state index in [1.165, 1.54) is 12.1 Å². The third-order valence-corrected chi connectivity index (χ3v) is 4.63. The van der Waals surface area contributed by atoms with Crippen molar-refractivity contribution in [2.75, 3.05) is 6.61 Å². The largest absolute Gasteiger partial charge is 0.367 e. The lowest BCUT2D eigenvalue weighted by Crippen LogP contribution is -2.46. The molecule has 1 fully saturated rings. The van der Waals surface area contributed by atoms with Crippen LogP contribution < -0.4 is 0 Å². The molecule has 21 heavy (non-hydrogen) atoms. The molecule has 0 bridgehead atoms. The first-order chi connectivity index (χ1) is 9.95. The molecule has 0 N–H and O–H groups in total. The normalized spacial score (nSPS) is 25.8. The number of rotatable bonds is 5. The number of benzene rings is 1. The maximum atomic E-state index is 13.5. The first kappa shape index (κ1) is 16.6. The van der Waals surface area contributed by atoms with Crippen LogP contribution >= 0.6 is 15.9 Å². The lowest BCUT2D eigenvalue weighted by molar-refractivity contribution is -0.150. The fourth-order valence-electron chi connectivity index (χ4n) is 3.30. The molecule has 2 unspecified atom stereocenters. The van der Waals surface area contributed by atoms with Crippen molar-refractivity contribution < 1.29 is 13.9 Å². The molecule has 0 radical (unpaired) electrons. The van der Waals surface area contributed by atoms with Gasteiger partial charge in [0.05, 0.1) is 0 Å². The molecule has 0 amide bonds. The lowest BCUT2D eigenvalue weighted by Gasteiger charge is -2.38. The minimum absolute atomic E-state index is 0.0772. The Morgan fingerprint density at radius 2 is 2.24 bits per heavy atom. The molecule has 116 valence electrons. The molecule has 2 atom stereocenters. The van der Waals surface area contributed by atoms with Crippen LogP contribution in [0.15, 0.2) is 22.7 Å². The van der Waals surface area contributed by atoms with Crippen LogP contribution in [0.1, 0.15) is 45.1 Å². The highest BCUT2D eigenvalue weighted by Crippen LogP contribution is 2.36. The first-order valence-electron chi connectivity index (χ1n) is 7.57. The van der Waals surface area contributed by atoms with Gasteiger partial charge in [-0.05, 0) is 55.9 Å². The van der Waals surface area contributed by atoms with Gasteiger partial charge in [0.25, 0.3) is 0 Å². The van der Waals surface area contributed by atoms with E-state index < -0.39 is 5.60 Å². The Bertz CT molecular complexity index is 493. The number of hydrogen-bond acceptors (Lipinski definition) is 2. The van der Waals surface area contributed by atoms with Crippen molar-refractivity contribution in [2.24, 2.45) is 5.92 Å². The van der Waals surface area contributed by atoms with Crippen LogP contribution in [-0.2, 0) is 16.0 Å². The summed E-state index contributed by atoms with van der Waals surface area (Å²) in [6.45, 7) is 4.62. The van der Waals surface area contributed by atoms with E-state index in [0.29, 0.717) is 22.6 Å². The predicted molar refractivity (Wildman–Crippen MR) is 84.8 cm³/mol. The highest BCUT2D eigenvalue weighted by atomic mass is 79.9. The number of ether oxygens (including phenoxy) is 1. The Labute approximate surface area is 134 Å². The fourth-order valence-corrected chi connectivity index (χ4v) is 3.82. The third-order valence-electron chi connectivity index (χ3n) is 4.17. The SMILES string of the molecule is CCOC1(C(=O)Cc2cc(F)cc(Br)c2)CCCC(C)C1. The van der Waals surface area contributed by atoms with Crippen LogP contribution in [0.5, 0.6) is 0 Å². The van der Waals surface area contributed by atoms with E-state index >= 15 is 0 Å². The molecular formula is C17H22BrFO2. The van der Waals surface area contributed by atoms with Crippen molar-refractivity contribution in [3.05, 3.63) is 34.1 Å². The van der Waals surface area contributed by atoms with Crippen LogP contribution in [-0.4, -0.2) is 18.0 Å². The second-order valence-corrected chi connectivity index (χ2v) is 6.92. The van der Waals surface area contributed by atoms with Gasteiger partial charge in [0, 0.05) is 17.5 Å². The van der Waals surface area contributed by atoms with E-state index in [4.69, 9.17) is 4.74 Å². The van der Waals surface area contributed by atoms with E-state index in [1.54, 1.807) is 6.07 Å². The second kappa shape index (κ2) is 7.01. The Morgan fingerprint density at radius 1 is 1.48 bits per heavy atom. The van der Waals surface area contributed by atoms with Gasteiger partial charge in [-0.1, -0.05) is 29.3 Å². The van der Waals surface area contributed by atoms with Gasteiger partial charge in [0.15, 0.2) is 5.78 Å². The molecule has 1 aliphatic rings. The molecule has 1 saturated carbocycles. The molecule has 4 heteroatoms. The molecule has 1 aromatic rings. The molecule has 0 saturated heterocycles. The standard InChI is InChI=1S/C17H22BrFO2/c1-3-21-17(6-4-5-12(2)11-17)16(20)9-13-7-14(18)10-15(19)8-13/h7-8,10,12H,3-6,9,11H2,1-2H3. The minimum Gasteiger partial charge on any atom is -0.367 e. The fraction of sp³-hybridized carbons (Fsp3) is 0.588. The Hall–Kier alpha value is -0.740. The Kier molecular flexibility index (Phi) is 5.55. The summed E-state index contributed by atoms with van der Waals surface area (Å²) < 4.78 is 20.0. The number of halogens is 2. The molecule has 0 aliphatic heterocycles. The molecule has 1 aromatic carbocycles. The zero-order valence-corrected chi connectivity index (χ0v) is 14.2. The Morgan fingerprint density at radius 3 is 2.86 bits per heavy atom. The smallest absolute Gasteiger partial charge is 0.168 e. The monoisotopic (exact) mass is 356 g/mol. The molecule has 0 spiro atoms. The van der Waals surface area contributed by atoms with Crippen LogP contribution in [0.4, 0.5) is 4.39 Å². The molecule has 1 aliphatic carbocycles. The summed E-state index contributed by atoms with van der Waals surface area (Å²) in [4.78, 5) is 12.8. The summed E-state index contributed by atoms with van der Waals surface area (Å²) in [5.74, 6) is 0.247. The van der Waals surface area contributed by atoms with Gasteiger partial charge in [-0.2, -0.15) is 0 Å². The van der Waals surface area contributed by atoms with Crippen molar-refractivity contribution in [3.8, 4) is 0 Å². The third kappa shape index (κ3) is 4.13. The summed E-state index contributed by atoms with van der Waals surface area (Å²) in [5, 5.41) is 0. The number of carbonyl (C=O) groups is 1. The van der Waals surface area contributed by atoms with Crippen molar-refractivity contribution in [3.63, 3.8) is 0 Å². The molecular weight excluding hydrogens is 335 g/mol. The van der Waals surface area contributed by atoms with Crippen molar-refractivity contribution in [1.82, 2.24) is 0 Å². The van der Waals surface area contributed by atoms with Crippen LogP contribution in [0, 0.1) is 11.7 Å². The van der Waals surface area contributed by atoms with E-state index in [-0.39, 0.29) is 18.0 Å². The molecule has 2 rings (SSSR count). The number of hydrogen-bond donors (Lipinski definition) is 0. The van der Waals surface area contributed by atoms with Crippen molar-refractivity contribution in [2.45, 2.75) is 51.6 Å².